The molecule has 0 spiro atoms. The number of carbonyl (C=O) groups excluding carboxylic acids is 2. The van der Waals surface area contributed by atoms with Gasteiger partial charge >= 0.3 is 0 Å². The topological polar surface area (TPSA) is 58.2 Å². The zero-order valence-electron chi connectivity index (χ0n) is 7.91. The minimum atomic E-state index is -0.111. The van der Waals surface area contributed by atoms with E-state index in [-0.39, 0.29) is 5.91 Å². The van der Waals surface area contributed by atoms with E-state index in [1.54, 1.807) is 31.3 Å². The predicted molar refractivity (Wildman–Crippen MR) is 52.7 cm³/mol. The molecule has 1 aromatic carbocycles. The van der Waals surface area contributed by atoms with Gasteiger partial charge in [-0.15, -0.1) is 0 Å². The van der Waals surface area contributed by atoms with E-state index in [9.17, 15) is 9.59 Å². The molecule has 1 aromatic rings. The van der Waals surface area contributed by atoms with Crippen molar-refractivity contribution >= 4 is 12.3 Å². The maximum atomic E-state index is 11.2. The van der Waals surface area contributed by atoms with E-state index in [4.69, 9.17) is 0 Å². The Morgan fingerprint density at radius 2 is 2.00 bits per heavy atom. The van der Waals surface area contributed by atoms with Gasteiger partial charge in [-0.2, -0.15) is 0 Å². The van der Waals surface area contributed by atoms with Gasteiger partial charge in [0.1, 0.15) is 0 Å². The summed E-state index contributed by atoms with van der Waals surface area (Å²) in [6.45, 7) is 0.484. The Morgan fingerprint density at radius 1 is 1.36 bits per heavy atom. The minimum absolute atomic E-state index is 0.111. The maximum Gasteiger partial charge on any atom is 0.251 e. The normalized spacial score (nSPS) is 9.21. The summed E-state index contributed by atoms with van der Waals surface area (Å²) in [6, 6.07) is 7.06. The van der Waals surface area contributed by atoms with E-state index >= 15 is 0 Å². The highest BCUT2D eigenvalue weighted by Crippen LogP contribution is 2.03. The largest absolute Gasteiger partial charge is 0.355 e. The highest BCUT2D eigenvalue weighted by Gasteiger charge is 2.01. The first kappa shape index (κ1) is 10.2. The van der Waals surface area contributed by atoms with Crippen molar-refractivity contribution in [2.75, 3.05) is 7.05 Å². The van der Waals surface area contributed by atoms with Crippen LogP contribution in [0.4, 0.5) is 0 Å². The molecule has 0 aromatic heterocycles. The lowest BCUT2D eigenvalue weighted by atomic mass is 10.1. The van der Waals surface area contributed by atoms with E-state index in [1.807, 2.05) is 0 Å². The summed E-state index contributed by atoms with van der Waals surface area (Å²) in [5, 5.41) is 5.08. The number of nitrogens with one attached hydrogen (secondary N) is 2. The highest BCUT2D eigenvalue weighted by molar-refractivity contribution is 5.93. The summed E-state index contributed by atoms with van der Waals surface area (Å²) in [5.74, 6) is -0.111. The van der Waals surface area contributed by atoms with E-state index in [0.29, 0.717) is 18.5 Å². The Balaban J connectivity index is 2.68. The van der Waals surface area contributed by atoms with E-state index in [1.165, 1.54) is 0 Å². The zero-order chi connectivity index (χ0) is 10.4. The average molecular weight is 192 g/mol. The van der Waals surface area contributed by atoms with E-state index in [0.717, 1.165) is 5.56 Å². The van der Waals surface area contributed by atoms with Crippen molar-refractivity contribution in [2.45, 2.75) is 6.54 Å². The molecule has 1 rings (SSSR count). The quantitative estimate of drug-likeness (QED) is 0.674. The molecule has 4 heteroatoms. The fourth-order valence-corrected chi connectivity index (χ4v) is 1.08. The van der Waals surface area contributed by atoms with Crippen LogP contribution in [-0.2, 0) is 11.3 Å². The Kier molecular flexibility index (Phi) is 3.67. The van der Waals surface area contributed by atoms with E-state index in [2.05, 4.69) is 10.6 Å². The molecule has 0 unspecified atom stereocenters. The molecule has 0 fully saturated rings. The van der Waals surface area contributed by atoms with Crippen molar-refractivity contribution < 1.29 is 9.59 Å². The lowest BCUT2D eigenvalue weighted by Crippen LogP contribution is -2.17. The minimum Gasteiger partial charge on any atom is -0.355 e. The van der Waals surface area contributed by atoms with E-state index < -0.39 is 0 Å². The summed E-state index contributed by atoms with van der Waals surface area (Å²) in [7, 11) is 1.59. The molecule has 0 atom stereocenters. The molecule has 0 bridgehead atoms. The second kappa shape index (κ2) is 5.01. The van der Waals surface area contributed by atoms with Gasteiger partial charge in [-0.05, 0) is 17.7 Å². The smallest absolute Gasteiger partial charge is 0.251 e. The van der Waals surface area contributed by atoms with Crippen LogP contribution in [0.15, 0.2) is 24.3 Å². The molecule has 0 aliphatic heterocycles. The molecule has 0 heterocycles. The molecule has 4 nitrogen and oxygen atoms in total. The third kappa shape index (κ3) is 2.58. The lowest BCUT2D eigenvalue weighted by molar-refractivity contribution is -0.109. The van der Waals surface area contributed by atoms with Crippen LogP contribution in [0.25, 0.3) is 0 Å². The number of carbonyl (C=O) groups is 2. The van der Waals surface area contributed by atoms with Gasteiger partial charge in [0.25, 0.3) is 5.91 Å². The maximum absolute atomic E-state index is 11.2. The fourth-order valence-electron chi connectivity index (χ4n) is 1.08. The molecule has 14 heavy (non-hydrogen) atoms. The molecule has 0 aliphatic carbocycles. The Bertz CT molecular complexity index is 319. The van der Waals surface area contributed by atoms with Crippen molar-refractivity contribution in [2.24, 2.45) is 0 Å². The van der Waals surface area contributed by atoms with Crippen molar-refractivity contribution in [1.29, 1.82) is 0 Å². The van der Waals surface area contributed by atoms with Crippen LogP contribution in [0.2, 0.25) is 0 Å². The van der Waals surface area contributed by atoms with Gasteiger partial charge in [0.05, 0.1) is 0 Å². The van der Waals surface area contributed by atoms with Gasteiger partial charge in [0.2, 0.25) is 6.41 Å². The molecule has 2 N–H and O–H groups in total. The van der Waals surface area contributed by atoms with Crippen LogP contribution < -0.4 is 10.6 Å². The fraction of sp³-hybridized carbons (Fsp3) is 0.200. The molecular formula is C10H12N2O2. The van der Waals surface area contributed by atoms with Crippen LogP contribution >= 0.6 is 0 Å². The standard InChI is InChI=1S/C10H12N2O2/c1-11-10(14)9-4-2-8(3-5-9)6-12-7-13/h2-5,7H,6H2,1H3,(H,11,14)(H,12,13). The molecule has 2 amide bonds. The SMILES string of the molecule is CNC(=O)c1ccc(CNC=O)cc1. The first-order chi connectivity index (χ1) is 6.77. The second-order valence-corrected chi connectivity index (χ2v) is 2.77. The first-order valence-corrected chi connectivity index (χ1v) is 4.26. The second-order valence-electron chi connectivity index (χ2n) is 2.77. The summed E-state index contributed by atoms with van der Waals surface area (Å²) in [4.78, 5) is 21.2. The number of amides is 2. The third-order valence-electron chi connectivity index (χ3n) is 1.83. The number of rotatable bonds is 4. The Morgan fingerprint density at radius 3 is 2.50 bits per heavy atom. The number of hydrogen-bond donors (Lipinski definition) is 2. The van der Waals surface area contributed by atoms with Crippen LogP contribution in [0.5, 0.6) is 0 Å². The zero-order valence-corrected chi connectivity index (χ0v) is 7.91. The van der Waals surface area contributed by atoms with Crippen molar-refractivity contribution in [3.63, 3.8) is 0 Å². The summed E-state index contributed by atoms with van der Waals surface area (Å²) in [6.07, 6.45) is 0.645. The van der Waals surface area contributed by atoms with Crippen LogP contribution in [0.1, 0.15) is 15.9 Å². The Labute approximate surface area is 82.3 Å². The average Bonchev–Trinajstić information content (AvgIpc) is 2.26. The molecule has 0 radical (unpaired) electrons. The number of benzene rings is 1. The number of hydrogen-bond acceptors (Lipinski definition) is 2. The molecular weight excluding hydrogens is 180 g/mol. The van der Waals surface area contributed by atoms with Gasteiger partial charge < -0.3 is 10.6 Å². The van der Waals surface area contributed by atoms with Crippen molar-refractivity contribution in [3.05, 3.63) is 35.4 Å². The van der Waals surface area contributed by atoms with Gasteiger partial charge in [0, 0.05) is 19.2 Å². The highest BCUT2D eigenvalue weighted by atomic mass is 16.1. The monoisotopic (exact) mass is 192 g/mol. The Hall–Kier alpha value is -1.84. The molecule has 74 valence electrons. The van der Waals surface area contributed by atoms with Gasteiger partial charge in [-0.25, -0.2) is 0 Å². The molecule has 0 aliphatic rings. The first-order valence-electron chi connectivity index (χ1n) is 4.26. The van der Waals surface area contributed by atoms with Crippen molar-refractivity contribution in [1.82, 2.24) is 10.6 Å². The van der Waals surface area contributed by atoms with Gasteiger partial charge in [-0.1, -0.05) is 12.1 Å². The third-order valence-corrected chi connectivity index (χ3v) is 1.83. The van der Waals surface area contributed by atoms with Gasteiger partial charge in [0.15, 0.2) is 0 Å². The van der Waals surface area contributed by atoms with Crippen LogP contribution in [0.3, 0.4) is 0 Å². The van der Waals surface area contributed by atoms with Crippen LogP contribution in [-0.4, -0.2) is 19.4 Å². The predicted octanol–water partition coefficient (Wildman–Crippen LogP) is 0.292. The lowest BCUT2D eigenvalue weighted by Gasteiger charge is -2.02. The molecule has 0 saturated carbocycles. The summed E-state index contributed by atoms with van der Waals surface area (Å²) < 4.78 is 0. The van der Waals surface area contributed by atoms with Crippen LogP contribution in [0, 0.1) is 0 Å². The van der Waals surface area contributed by atoms with Crippen molar-refractivity contribution in [3.8, 4) is 0 Å². The van der Waals surface area contributed by atoms with Gasteiger partial charge in [-0.3, -0.25) is 9.59 Å². The summed E-state index contributed by atoms with van der Waals surface area (Å²) in [5.41, 5.74) is 1.58. The molecule has 0 saturated heterocycles. The summed E-state index contributed by atoms with van der Waals surface area (Å²) >= 11 is 0.